The third-order valence-corrected chi connectivity index (χ3v) is 4.39. The minimum atomic E-state index is -3.57. The van der Waals surface area contributed by atoms with Gasteiger partial charge >= 0.3 is 5.97 Å². The zero-order chi connectivity index (χ0) is 12.1. The fourth-order valence-electron chi connectivity index (χ4n) is 0.656. The second-order valence-electron chi connectivity index (χ2n) is 3.12. The molecule has 0 bridgehead atoms. The van der Waals surface area contributed by atoms with Gasteiger partial charge in [-0.1, -0.05) is 0 Å². The van der Waals surface area contributed by atoms with Gasteiger partial charge in [-0.2, -0.15) is 0 Å². The van der Waals surface area contributed by atoms with Gasteiger partial charge in [0, 0.05) is 28.9 Å². The normalized spacial score (nSPS) is 15.9. The highest BCUT2D eigenvalue weighted by Gasteiger charge is 2.15. The van der Waals surface area contributed by atoms with E-state index >= 15 is 0 Å². The Hall–Kier alpha value is -0.470. The number of nitrogens with one attached hydrogen (secondary N) is 1. The number of hydrogen-bond donors (Lipinski definition) is 2. The molecule has 0 aliphatic carbocycles. The Morgan fingerprint density at radius 2 is 2.07 bits per heavy atom. The van der Waals surface area contributed by atoms with Gasteiger partial charge in [0.2, 0.25) is 10.0 Å². The second kappa shape index (κ2) is 6.19. The van der Waals surface area contributed by atoms with Gasteiger partial charge in [0.15, 0.2) is 0 Å². The highest BCUT2D eigenvalue weighted by Crippen LogP contribution is 1.94. The summed E-state index contributed by atoms with van der Waals surface area (Å²) in [6.07, 6.45) is 1.05. The molecule has 0 spiro atoms. The molecule has 0 fully saturated rings. The largest absolute Gasteiger partial charge is 0.481 e. The molecule has 2 N–H and O–H groups in total. The molecular weight excluding hydrogens is 242 g/mol. The summed E-state index contributed by atoms with van der Waals surface area (Å²) in [6, 6.07) is 0. The van der Waals surface area contributed by atoms with Crippen LogP contribution in [0.3, 0.4) is 0 Å². The van der Waals surface area contributed by atoms with Crippen LogP contribution in [0.25, 0.3) is 0 Å². The SMILES string of the molecule is CC(CNS(=O)(=O)CCC(=O)O)S(C)=O. The molecule has 0 radical (unpaired) electrons. The van der Waals surface area contributed by atoms with Gasteiger partial charge in [-0.25, -0.2) is 13.1 Å². The van der Waals surface area contributed by atoms with Gasteiger partial charge in [-0.3, -0.25) is 9.00 Å². The maximum absolute atomic E-state index is 11.2. The van der Waals surface area contributed by atoms with E-state index in [0.717, 1.165) is 0 Å². The molecule has 2 unspecified atom stereocenters. The second-order valence-corrected chi connectivity index (χ2v) is 6.85. The maximum atomic E-state index is 11.2. The lowest BCUT2D eigenvalue weighted by molar-refractivity contribution is -0.136. The van der Waals surface area contributed by atoms with E-state index in [1.165, 1.54) is 6.26 Å². The summed E-state index contributed by atoms with van der Waals surface area (Å²) < 4.78 is 35.5. The lowest BCUT2D eigenvalue weighted by atomic mass is 10.5. The average Bonchev–Trinajstić information content (AvgIpc) is 2.11. The van der Waals surface area contributed by atoms with Gasteiger partial charge in [0.05, 0.1) is 12.2 Å². The van der Waals surface area contributed by atoms with Crippen LogP contribution in [0.1, 0.15) is 13.3 Å². The molecule has 0 aromatic rings. The number of carbonyl (C=O) groups is 1. The number of carboxylic acid groups (broad SMARTS) is 1. The van der Waals surface area contributed by atoms with Crippen LogP contribution in [-0.2, 0) is 25.6 Å². The van der Waals surface area contributed by atoms with Crippen molar-refractivity contribution < 1.29 is 22.5 Å². The zero-order valence-electron chi connectivity index (χ0n) is 8.60. The van der Waals surface area contributed by atoms with Crippen LogP contribution >= 0.6 is 0 Å². The van der Waals surface area contributed by atoms with E-state index in [-0.39, 0.29) is 11.8 Å². The molecule has 0 aliphatic heterocycles. The van der Waals surface area contributed by atoms with E-state index in [4.69, 9.17) is 5.11 Å². The van der Waals surface area contributed by atoms with Crippen LogP contribution in [0.5, 0.6) is 0 Å². The molecule has 0 saturated carbocycles. The van der Waals surface area contributed by atoms with Crippen molar-refractivity contribution in [2.45, 2.75) is 18.6 Å². The van der Waals surface area contributed by atoms with Crippen molar-refractivity contribution in [2.75, 3.05) is 18.6 Å². The Kier molecular flexibility index (Phi) is 5.99. The molecule has 6 nitrogen and oxygen atoms in total. The monoisotopic (exact) mass is 257 g/mol. The van der Waals surface area contributed by atoms with Crippen LogP contribution in [0, 0.1) is 0 Å². The number of carboxylic acids is 1. The lowest BCUT2D eigenvalue weighted by Gasteiger charge is -2.09. The van der Waals surface area contributed by atoms with Gasteiger partial charge in [-0.15, -0.1) is 0 Å². The van der Waals surface area contributed by atoms with Crippen LogP contribution in [0.4, 0.5) is 0 Å². The average molecular weight is 257 g/mol. The minimum Gasteiger partial charge on any atom is -0.481 e. The predicted molar refractivity (Wildman–Crippen MR) is 57.6 cm³/mol. The molecule has 8 heteroatoms. The third kappa shape index (κ3) is 7.46. The van der Waals surface area contributed by atoms with Gasteiger partial charge in [0.25, 0.3) is 0 Å². The first-order valence-electron chi connectivity index (χ1n) is 4.26. The Labute approximate surface area is 91.6 Å². The van der Waals surface area contributed by atoms with E-state index in [1.54, 1.807) is 6.92 Å². The standard InChI is InChI=1S/C7H15NO5S2/c1-6(14(2)11)5-8-15(12,13)4-3-7(9)10/h6,8H,3-5H2,1-2H3,(H,9,10). The molecular formula is C7H15NO5S2. The van der Waals surface area contributed by atoms with Crippen molar-refractivity contribution in [1.29, 1.82) is 0 Å². The van der Waals surface area contributed by atoms with E-state index < -0.39 is 39.0 Å². The fraction of sp³-hybridized carbons (Fsp3) is 0.857. The minimum absolute atomic E-state index is 0.0606. The van der Waals surface area contributed by atoms with Crippen LogP contribution < -0.4 is 4.72 Å². The number of hydrogen-bond acceptors (Lipinski definition) is 4. The van der Waals surface area contributed by atoms with Crippen LogP contribution in [0.15, 0.2) is 0 Å². The van der Waals surface area contributed by atoms with Crippen molar-refractivity contribution in [1.82, 2.24) is 4.72 Å². The summed E-state index contributed by atoms with van der Waals surface area (Å²) in [4.78, 5) is 10.2. The zero-order valence-corrected chi connectivity index (χ0v) is 10.2. The number of sulfonamides is 1. The fourth-order valence-corrected chi connectivity index (χ4v) is 2.17. The van der Waals surface area contributed by atoms with Crippen molar-refractivity contribution in [3.05, 3.63) is 0 Å². The Balaban J connectivity index is 4.05. The van der Waals surface area contributed by atoms with E-state index in [9.17, 15) is 17.4 Å². The Morgan fingerprint density at radius 3 is 2.47 bits per heavy atom. The smallest absolute Gasteiger partial charge is 0.304 e. The summed E-state index contributed by atoms with van der Waals surface area (Å²) in [6.45, 7) is 1.71. The molecule has 0 saturated heterocycles. The lowest BCUT2D eigenvalue weighted by Crippen LogP contribution is -2.34. The van der Waals surface area contributed by atoms with E-state index in [2.05, 4.69) is 4.72 Å². The first-order chi connectivity index (χ1) is 6.74. The van der Waals surface area contributed by atoms with E-state index in [1.807, 2.05) is 0 Å². The summed E-state index contributed by atoms with van der Waals surface area (Å²) >= 11 is 0. The molecule has 90 valence electrons. The highest BCUT2D eigenvalue weighted by atomic mass is 32.2. The van der Waals surface area contributed by atoms with Crippen molar-refractivity contribution in [3.8, 4) is 0 Å². The summed E-state index contributed by atoms with van der Waals surface area (Å²) in [7, 11) is -4.67. The Morgan fingerprint density at radius 1 is 1.53 bits per heavy atom. The number of rotatable bonds is 7. The van der Waals surface area contributed by atoms with Crippen molar-refractivity contribution in [2.24, 2.45) is 0 Å². The molecule has 0 aromatic heterocycles. The number of aliphatic carboxylic acids is 1. The van der Waals surface area contributed by atoms with Crippen LogP contribution in [-0.4, -0.2) is 47.5 Å². The molecule has 0 heterocycles. The van der Waals surface area contributed by atoms with Gasteiger partial charge in [-0.05, 0) is 6.92 Å². The topological polar surface area (TPSA) is 101 Å². The first-order valence-corrected chi connectivity index (χ1v) is 7.53. The third-order valence-electron chi connectivity index (χ3n) is 1.74. The van der Waals surface area contributed by atoms with Gasteiger partial charge in [0.1, 0.15) is 0 Å². The molecule has 0 aromatic carbocycles. The van der Waals surface area contributed by atoms with Crippen molar-refractivity contribution in [3.63, 3.8) is 0 Å². The highest BCUT2D eigenvalue weighted by molar-refractivity contribution is 7.89. The summed E-state index contributed by atoms with van der Waals surface area (Å²) in [5.74, 6) is -1.61. The molecule has 0 rings (SSSR count). The summed E-state index contributed by atoms with van der Waals surface area (Å²) in [5.41, 5.74) is 0. The quantitative estimate of drug-likeness (QED) is 0.618. The molecule has 0 aliphatic rings. The van der Waals surface area contributed by atoms with Crippen LogP contribution in [0.2, 0.25) is 0 Å². The molecule has 0 amide bonds. The van der Waals surface area contributed by atoms with Crippen molar-refractivity contribution >= 4 is 26.8 Å². The molecule has 2 atom stereocenters. The predicted octanol–water partition coefficient (Wildman–Crippen LogP) is -0.852. The first kappa shape index (κ1) is 14.5. The molecule has 15 heavy (non-hydrogen) atoms. The summed E-state index contributed by atoms with van der Waals surface area (Å²) in [5, 5.41) is 8.01. The maximum Gasteiger partial charge on any atom is 0.304 e. The Bertz CT molecular complexity index is 337. The van der Waals surface area contributed by atoms with E-state index in [0.29, 0.717) is 0 Å². The van der Waals surface area contributed by atoms with Gasteiger partial charge < -0.3 is 5.11 Å².